The van der Waals surface area contributed by atoms with Crippen LogP contribution < -0.4 is 5.32 Å². The molecule has 1 aromatic carbocycles. The van der Waals surface area contributed by atoms with Gasteiger partial charge in [-0.15, -0.1) is 0 Å². The van der Waals surface area contributed by atoms with Gasteiger partial charge in [0, 0.05) is 5.69 Å². The van der Waals surface area contributed by atoms with Crippen LogP contribution in [0.3, 0.4) is 0 Å². The van der Waals surface area contributed by atoms with Gasteiger partial charge >= 0.3 is 6.18 Å². The third kappa shape index (κ3) is 3.44. The van der Waals surface area contributed by atoms with E-state index in [9.17, 15) is 17.6 Å². The van der Waals surface area contributed by atoms with E-state index in [2.05, 4.69) is 26.2 Å². The third-order valence-corrected chi connectivity index (χ3v) is 2.86. The van der Waals surface area contributed by atoms with Crippen LogP contribution >= 0.6 is 15.9 Å². The van der Waals surface area contributed by atoms with Crippen molar-refractivity contribution in [3.63, 3.8) is 0 Å². The second-order valence-electron chi connectivity index (χ2n) is 3.66. The Labute approximate surface area is 114 Å². The van der Waals surface area contributed by atoms with Crippen LogP contribution in [0.2, 0.25) is 0 Å². The molecular formula is C12H7BrF4N2. The number of nitrogens with zero attached hydrogens (tertiary/aromatic N) is 1. The van der Waals surface area contributed by atoms with Gasteiger partial charge in [0.05, 0.1) is 4.47 Å². The zero-order valence-electron chi connectivity index (χ0n) is 9.30. The Morgan fingerprint density at radius 2 is 1.84 bits per heavy atom. The molecule has 2 rings (SSSR count). The number of hydrogen-bond donors (Lipinski definition) is 1. The fraction of sp³-hybridized carbons (Fsp3) is 0.0833. The Morgan fingerprint density at radius 3 is 2.47 bits per heavy atom. The number of pyridine rings is 1. The van der Waals surface area contributed by atoms with Crippen molar-refractivity contribution < 1.29 is 17.6 Å². The number of aromatic nitrogens is 1. The van der Waals surface area contributed by atoms with Gasteiger partial charge in [-0.3, -0.25) is 0 Å². The second-order valence-corrected chi connectivity index (χ2v) is 4.51. The topological polar surface area (TPSA) is 24.9 Å². The standard InChI is InChI=1S/C12H7BrF4N2/c13-9-4-5-10(12(15,16)17)19-11(9)18-8-3-1-2-7(14)6-8/h1-6H,(H,18,19). The van der Waals surface area contributed by atoms with Crippen molar-refractivity contribution in [1.29, 1.82) is 0 Å². The Hall–Kier alpha value is -1.63. The van der Waals surface area contributed by atoms with Gasteiger partial charge in [-0.2, -0.15) is 13.2 Å². The van der Waals surface area contributed by atoms with Crippen molar-refractivity contribution in [2.45, 2.75) is 6.18 Å². The van der Waals surface area contributed by atoms with Gasteiger partial charge in [-0.05, 0) is 46.3 Å². The summed E-state index contributed by atoms with van der Waals surface area (Å²) < 4.78 is 50.9. The molecule has 0 aliphatic rings. The highest BCUT2D eigenvalue weighted by Gasteiger charge is 2.32. The van der Waals surface area contributed by atoms with E-state index in [1.165, 1.54) is 24.3 Å². The maximum Gasteiger partial charge on any atom is 0.433 e. The van der Waals surface area contributed by atoms with Crippen LogP contribution in [0.15, 0.2) is 40.9 Å². The monoisotopic (exact) mass is 334 g/mol. The van der Waals surface area contributed by atoms with Crippen LogP contribution in [0.25, 0.3) is 0 Å². The van der Waals surface area contributed by atoms with Gasteiger partial charge in [0.2, 0.25) is 0 Å². The lowest BCUT2D eigenvalue weighted by Gasteiger charge is -2.11. The molecule has 0 saturated carbocycles. The minimum Gasteiger partial charge on any atom is -0.339 e. The largest absolute Gasteiger partial charge is 0.433 e. The highest BCUT2D eigenvalue weighted by Crippen LogP contribution is 2.32. The molecule has 100 valence electrons. The summed E-state index contributed by atoms with van der Waals surface area (Å²) in [6, 6.07) is 7.46. The molecule has 7 heteroatoms. The van der Waals surface area contributed by atoms with Crippen LogP contribution in [0.5, 0.6) is 0 Å². The van der Waals surface area contributed by atoms with Gasteiger partial charge in [-0.25, -0.2) is 9.37 Å². The number of nitrogens with one attached hydrogen (secondary N) is 1. The molecule has 19 heavy (non-hydrogen) atoms. The zero-order valence-corrected chi connectivity index (χ0v) is 10.9. The molecule has 1 heterocycles. The normalized spacial score (nSPS) is 11.4. The molecule has 2 aromatic rings. The first-order valence-electron chi connectivity index (χ1n) is 5.12. The highest BCUT2D eigenvalue weighted by molar-refractivity contribution is 9.10. The fourth-order valence-electron chi connectivity index (χ4n) is 1.39. The van der Waals surface area contributed by atoms with E-state index in [-0.39, 0.29) is 5.82 Å². The van der Waals surface area contributed by atoms with Crippen molar-refractivity contribution in [3.8, 4) is 0 Å². The molecule has 1 N–H and O–H groups in total. The van der Waals surface area contributed by atoms with Gasteiger partial charge in [0.1, 0.15) is 17.3 Å². The number of halogens is 5. The van der Waals surface area contributed by atoms with E-state index in [4.69, 9.17) is 0 Å². The Balaban J connectivity index is 2.34. The minimum atomic E-state index is -4.53. The van der Waals surface area contributed by atoms with Crippen LogP contribution in [-0.2, 0) is 6.18 Å². The van der Waals surface area contributed by atoms with Crippen molar-refractivity contribution in [3.05, 3.63) is 52.4 Å². The molecule has 0 aliphatic heterocycles. The average molecular weight is 335 g/mol. The molecule has 0 atom stereocenters. The molecular weight excluding hydrogens is 328 g/mol. The number of anilines is 2. The lowest BCUT2D eigenvalue weighted by atomic mass is 10.3. The molecule has 0 radical (unpaired) electrons. The maximum absolute atomic E-state index is 13.0. The van der Waals surface area contributed by atoms with Gasteiger partial charge < -0.3 is 5.32 Å². The van der Waals surface area contributed by atoms with E-state index in [1.54, 1.807) is 0 Å². The highest BCUT2D eigenvalue weighted by atomic mass is 79.9. The lowest BCUT2D eigenvalue weighted by molar-refractivity contribution is -0.141. The van der Waals surface area contributed by atoms with E-state index in [0.717, 1.165) is 12.1 Å². The number of hydrogen-bond acceptors (Lipinski definition) is 2. The molecule has 1 aromatic heterocycles. The molecule has 2 nitrogen and oxygen atoms in total. The molecule has 0 saturated heterocycles. The van der Waals surface area contributed by atoms with Crippen LogP contribution in [0.4, 0.5) is 29.1 Å². The van der Waals surface area contributed by atoms with Crippen molar-refractivity contribution in [2.75, 3.05) is 5.32 Å². The smallest absolute Gasteiger partial charge is 0.339 e. The van der Waals surface area contributed by atoms with Crippen LogP contribution in [0, 0.1) is 5.82 Å². The van der Waals surface area contributed by atoms with Crippen molar-refractivity contribution in [2.24, 2.45) is 0 Å². The molecule has 0 spiro atoms. The van der Waals surface area contributed by atoms with Gasteiger partial charge in [0.25, 0.3) is 0 Å². The fourth-order valence-corrected chi connectivity index (χ4v) is 1.71. The van der Waals surface area contributed by atoms with Crippen molar-refractivity contribution >= 4 is 27.4 Å². The predicted molar refractivity (Wildman–Crippen MR) is 66.6 cm³/mol. The van der Waals surface area contributed by atoms with Gasteiger partial charge in [0.15, 0.2) is 0 Å². The summed E-state index contributed by atoms with van der Waals surface area (Å²) >= 11 is 3.09. The van der Waals surface area contributed by atoms with Crippen molar-refractivity contribution in [1.82, 2.24) is 4.98 Å². The number of benzene rings is 1. The van der Waals surface area contributed by atoms with E-state index in [1.807, 2.05) is 0 Å². The SMILES string of the molecule is Fc1cccc(Nc2nc(C(F)(F)F)ccc2Br)c1. The van der Waals surface area contributed by atoms with Crippen LogP contribution in [0.1, 0.15) is 5.69 Å². The Kier molecular flexibility index (Phi) is 3.75. The lowest BCUT2D eigenvalue weighted by Crippen LogP contribution is -2.09. The summed E-state index contributed by atoms with van der Waals surface area (Å²) in [5.74, 6) is -0.520. The average Bonchev–Trinajstić information content (AvgIpc) is 2.30. The zero-order chi connectivity index (χ0) is 14.0. The first-order valence-corrected chi connectivity index (χ1v) is 5.92. The summed E-state index contributed by atoms with van der Waals surface area (Å²) in [5.41, 5.74) is -0.706. The first-order chi connectivity index (χ1) is 8.86. The third-order valence-electron chi connectivity index (χ3n) is 2.22. The van der Waals surface area contributed by atoms with E-state index < -0.39 is 17.7 Å². The summed E-state index contributed by atoms with van der Waals surface area (Å²) in [6.45, 7) is 0. The molecule has 0 fully saturated rings. The Morgan fingerprint density at radius 1 is 1.11 bits per heavy atom. The van der Waals surface area contributed by atoms with E-state index in [0.29, 0.717) is 10.2 Å². The minimum absolute atomic E-state index is 0.0274. The summed E-state index contributed by atoms with van der Waals surface area (Å²) in [7, 11) is 0. The Bertz CT molecular complexity index is 599. The predicted octanol–water partition coefficient (Wildman–Crippen LogP) is 4.75. The molecule has 0 aliphatic carbocycles. The van der Waals surface area contributed by atoms with Gasteiger partial charge in [-0.1, -0.05) is 6.07 Å². The quantitative estimate of drug-likeness (QED) is 0.802. The van der Waals surface area contributed by atoms with Crippen LogP contribution in [-0.4, -0.2) is 4.98 Å². The number of rotatable bonds is 2. The number of alkyl halides is 3. The second kappa shape index (κ2) is 5.16. The molecule has 0 bridgehead atoms. The molecule has 0 amide bonds. The molecule has 0 unspecified atom stereocenters. The summed E-state index contributed by atoms with van der Waals surface area (Å²) in [5, 5.41) is 2.63. The summed E-state index contributed by atoms with van der Waals surface area (Å²) in [4.78, 5) is 3.46. The maximum atomic E-state index is 13.0. The summed E-state index contributed by atoms with van der Waals surface area (Å²) in [6.07, 6.45) is -4.53. The first kappa shape index (κ1) is 13.8. The van der Waals surface area contributed by atoms with E-state index >= 15 is 0 Å².